The number of nitrogens with zero attached hydrogens (tertiary/aromatic N) is 2. The fourth-order valence-corrected chi connectivity index (χ4v) is 6.06. The van der Waals surface area contributed by atoms with Crippen molar-refractivity contribution in [1.82, 2.24) is 4.98 Å². The first-order valence-corrected chi connectivity index (χ1v) is 16.5. The highest BCUT2D eigenvalue weighted by Crippen LogP contribution is 2.40. The minimum Gasteiger partial charge on any atom is -0.507 e. The molecule has 0 aliphatic carbocycles. The highest BCUT2D eigenvalue weighted by atomic mass is 16.3. The summed E-state index contributed by atoms with van der Waals surface area (Å²) in [5.41, 5.74) is 10.3. The average molecular weight is 629 g/mol. The van der Waals surface area contributed by atoms with Crippen molar-refractivity contribution in [3.05, 3.63) is 138 Å². The van der Waals surface area contributed by atoms with Crippen LogP contribution in [0.5, 0.6) is 5.75 Å². The zero-order valence-corrected chi connectivity index (χ0v) is 28.4. The fraction of sp³-hybridized carbons (Fsp3) is 0.182. The first-order chi connectivity index (χ1) is 22.9. The number of phenols is 1. The lowest BCUT2D eigenvalue weighted by atomic mass is 9.84. The maximum absolute atomic E-state index is 10.6. The van der Waals surface area contributed by atoms with Crippen molar-refractivity contribution in [2.75, 3.05) is 0 Å². The van der Waals surface area contributed by atoms with Crippen LogP contribution in [0.15, 0.2) is 131 Å². The molecule has 0 radical (unpaired) electrons. The van der Waals surface area contributed by atoms with Crippen LogP contribution >= 0.6 is 0 Å². The molecule has 238 valence electrons. The maximum atomic E-state index is 10.6. The SMILES string of the molecule is CC(C)(C)c1ccc(O)c(C=Nc2ccccc2-c2nc3c(-c4cccc(-c5ccc6ccccc6c5)c4)cc(C(C)(C)C)cc3o2)c1. The van der Waals surface area contributed by atoms with Crippen molar-refractivity contribution in [2.45, 2.75) is 52.4 Å². The van der Waals surface area contributed by atoms with Gasteiger partial charge in [-0.2, -0.15) is 0 Å². The smallest absolute Gasteiger partial charge is 0.229 e. The van der Waals surface area contributed by atoms with Gasteiger partial charge < -0.3 is 9.52 Å². The van der Waals surface area contributed by atoms with E-state index < -0.39 is 0 Å². The predicted molar refractivity (Wildman–Crippen MR) is 201 cm³/mol. The molecule has 0 amide bonds. The molecule has 0 saturated heterocycles. The molecule has 1 aromatic heterocycles. The van der Waals surface area contributed by atoms with Crippen LogP contribution < -0.4 is 0 Å². The Balaban J connectivity index is 1.33. The minimum absolute atomic E-state index is 0.0506. The monoisotopic (exact) mass is 628 g/mol. The third-order valence-electron chi connectivity index (χ3n) is 8.99. The Kier molecular flexibility index (Phi) is 7.75. The lowest BCUT2D eigenvalue weighted by Gasteiger charge is -2.20. The van der Waals surface area contributed by atoms with E-state index in [1.54, 1.807) is 12.3 Å². The second kappa shape index (κ2) is 12.0. The molecule has 0 spiro atoms. The van der Waals surface area contributed by atoms with Gasteiger partial charge in [-0.05, 0) is 98.0 Å². The number of aliphatic imine (C=N–C) groups is 1. The van der Waals surface area contributed by atoms with Crippen molar-refractivity contribution >= 4 is 33.8 Å². The summed E-state index contributed by atoms with van der Waals surface area (Å²) >= 11 is 0. The Hall–Kier alpha value is -5.48. The minimum atomic E-state index is -0.0996. The highest BCUT2D eigenvalue weighted by Gasteiger charge is 2.22. The number of phenolic OH excluding ortho intramolecular Hbond substituents is 1. The number of aromatic nitrogens is 1. The van der Waals surface area contributed by atoms with E-state index in [2.05, 4.69) is 120 Å². The number of rotatable bonds is 5. The molecular weight excluding hydrogens is 588 g/mol. The molecule has 0 saturated carbocycles. The summed E-state index contributed by atoms with van der Waals surface area (Å²) in [6.45, 7) is 13.1. The third-order valence-corrected chi connectivity index (χ3v) is 8.99. The highest BCUT2D eigenvalue weighted by molar-refractivity contribution is 5.95. The Labute approximate surface area is 282 Å². The molecule has 1 heterocycles. The van der Waals surface area contributed by atoms with Crippen LogP contribution in [0.2, 0.25) is 0 Å². The van der Waals surface area contributed by atoms with E-state index in [1.165, 1.54) is 21.9 Å². The van der Waals surface area contributed by atoms with Gasteiger partial charge in [-0.1, -0.05) is 114 Å². The molecular formula is C44H40N2O2. The summed E-state index contributed by atoms with van der Waals surface area (Å²) in [4.78, 5) is 9.94. The second-order valence-electron chi connectivity index (χ2n) is 14.6. The summed E-state index contributed by atoms with van der Waals surface area (Å²) in [7, 11) is 0. The normalized spacial score (nSPS) is 12.4. The van der Waals surface area contributed by atoms with Crippen molar-refractivity contribution in [1.29, 1.82) is 0 Å². The van der Waals surface area contributed by atoms with Gasteiger partial charge in [-0.15, -0.1) is 0 Å². The number of hydrogen-bond acceptors (Lipinski definition) is 4. The molecule has 7 aromatic rings. The van der Waals surface area contributed by atoms with Gasteiger partial charge in [0.25, 0.3) is 0 Å². The summed E-state index contributed by atoms with van der Waals surface area (Å²) < 4.78 is 6.56. The number of para-hydroxylation sites is 1. The Morgan fingerprint density at radius 2 is 1.31 bits per heavy atom. The molecule has 1 N–H and O–H groups in total. The Morgan fingerprint density at radius 3 is 2.10 bits per heavy atom. The quantitative estimate of drug-likeness (QED) is 0.193. The summed E-state index contributed by atoms with van der Waals surface area (Å²) in [6, 6.07) is 41.6. The predicted octanol–water partition coefficient (Wildman–Crippen LogP) is 12.0. The number of aromatic hydroxyl groups is 1. The molecule has 0 bridgehead atoms. The van der Waals surface area contributed by atoms with Crippen molar-refractivity contribution < 1.29 is 9.52 Å². The molecule has 48 heavy (non-hydrogen) atoms. The van der Waals surface area contributed by atoms with Crippen LogP contribution in [0.25, 0.3) is 55.6 Å². The van der Waals surface area contributed by atoms with Gasteiger partial charge in [0.1, 0.15) is 11.3 Å². The van der Waals surface area contributed by atoms with Crippen molar-refractivity contribution in [3.63, 3.8) is 0 Å². The van der Waals surface area contributed by atoms with Crippen LogP contribution in [0.1, 0.15) is 58.2 Å². The summed E-state index contributed by atoms with van der Waals surface area (Å²) in [5.74, 6) is 0.694. The topological polar surface area (TPSA) is 58.6 Å². The van der Waals surface area contributed by atoms with Gasteiger partial charge in [0, 0.05) is 17.3 Å². The molecule has 0 atom stereocenters. The molecule has 4 nitrogen and oxygen atoms in total. The largest absolute Gasteiger partial charge is 0.507 e. The van der Waals surface area contributed by atoms with Crippen LogP contribution in [-0.2, 0) is 10.8 Å². The van der Waals surface area contributed by atoms with Gasteiger partial charge in [-0.25, -0.2) is 4.98 Å². The molecule has 6 aromatic carbocycles. The zero-order chi connectivity index (χ0) is 33.6. The average Bonchev–Trinajstić information content (AvgIpc) is 3.51. The van der Waals surface area contributed by atoms with E-state index in [4.69, 9.17) is 14.4 Å². The van der Waals surface area contributed by atoms with Crippen LogP contribution in [0, 0.1) is 0 Å². The van der Waals surface area contributed by atoms with Crippen LogP contribution in [-0.4, -0.2) is 16.3 Å². The molecule has 0 aliphatic heterocycles. The van der Waals surface area contributed by atoms with E-state index >= 15 is 0 Å². The molecule has 0 aliphatic rings. The van der Waals surface area contributed by atoms with E-state index in [0.717, 1.165) is 38.9 Å². The van der Waals surface area contributed by atoms with Gasteiger partial charge >= 0.3 is 0 Å². The van der Waals surface area contributed by atoms with E-state index in [1.807, 2.05) is 36.4 Å². The first-order valence-electron chi connectivity index (χ1n) is 16.5. The third kappa shape index (κ3) is 6.14. The standard InChI is InChI=1S/C44H40N2O2/c1-43(2,3)34-20-21-39(47)33(24-34)27-45-38-17-10-9-16-36(38)42-46-41-37(25-35(44(4,5)6)26-40(41)48-42)32-15-11-14-30(23-32)31-19-18-28-12-7-8-13-29(28)22-31/h7-27,47H,1-6H3. The summed E-state index contributed by atoms with van der Waals surface area (Å²) in [6.07, 6.45) is 1.72. The lowest BCUT2D eigenvalue weighted by molar-refractivity contribution is 0.473. The zero-order valence-electron chi connectivity index (χ0n) is 28.4. The molecule has 4 heteroatoms. The van der Waals surface area contributed by atoms with Crippen molar-refractivity contribution in [3.8, 4) is 39.5 Å². The number of benzene rings is 6. The second-order valence-corrected chi connectivity index (χ2v) is 14.6. The summed E-state index contributed by atoms with van der Waals surface area (Å²) in [5, 5.41) is 13.1. The molecule has 0 unspecified atom stereocenters. The fourth-order valence-electron chi connectivity index (χ4n) is 6.06. The van der Waals surface area contributed by atoms with Gasteiger partial charge in [0.15, 0.2) is 5.58 Å². The van der Waals surface area contributed by atoms with E-state index in [-0.39, 0.29) is 16.6 Å². The maximum Gasteiger partial charge on any atom is 0.229 e. The first kappa shape index (κ1) is 31.1. The molecule has 7 rings (SSSR count). The van der Waals surface area contributed by atoms with E-state index in [0.29, 0.717) is 17.1 Å². The number of fused-ring (bicyclic) bond motifs is 2. The van der Waals surface area contributed by atoms with Crippen molar-refractivity contribution in [2.24, 2.45) is 4.99 Å². The van der Waals surface area contributed by atoms with Gasteiger partial charge in [-0.3, -0.25) is 4.99 Å². The van der Waals surface area contributed by atoms with Gasteiger partial charge in [0.05, 0.1) is 11.3 Å². The molecule has 0 fully saturated rings. The Bertz CT molecular complexity index is 2330. The van der Waals surface area contributed by atoms with Crippen LogP contribution in [0.3, 0.4) is 0 Å². The van der Waals surface area contributed by atoms with Gasteiger partial charge in [0.2, 0.25) is 5.89 Å². The number of hydrogen-bond donors (Lipinski definition) is 1. The van der Waals surface area contributed by atoms with Crippen LogP contribution in [0.4, 0.5) is 5.69 Å². The number of oxazole rings is 1. The Morgan fingerprint density at radius 1 is 0.604 bits per heavy atom. The van der Waals surface area contributed by atoms with E-state index in [9.17, 15) is 5.11 Å². The lowest BCUT2D eigenvalue weighted by Crippen LogP contribution is -2.11.